The lowest BCUT2D eigenvalue weighted by Crippen LogP contribution is -2.53. The molecule has 0 radical (unpaired) electrons. The number of benzene rings is 2. The summed E-state index contributed by atoms with van der Waals surface area (Å²) in [5, 5.41) is 2.60. The molecular weight excluding hydrogens is 358 g/mol. The largest absolute Gasteiger partial charge is 0.489 e. The van der Waals surface area contributed by atoms with E-state index in [0.29, 0.717) is 19.4 Å². The number of hydrogen-bond donors (Lipinski definition) is 1. The Kier molecular flexibility index (Phi) is 7.87. The molecule has 0 aliphatic heterocycles. The van der Waals surface area contributed by atoms with E-state index in [1.54, 1.807) is 13.8 Å². The van der Waals surface area contributed by atoms with Crippen LogP contribution in [0.1, 0.15) is 31.4 Å². The molecule has 1 amide bonds. The first-order chi connectivity index (χ1) is 13.5. The van der Waals surface area contributed by atoms with Crippen molar-refractivity contribution in [3.05, 3.63) is 65.7 Å². The monoisotopic (exact) mass is 385 g/mol. The Hall–Kier alpha value is -3.02. The predicted molar refractivity (Wildman–Crippen MR) is 106 cm³/mol. The van der Waals surface area contributed by atoms with Gasteiger partial charge in [-0.05, 0) is 43.9 Å². The number of para-hydroxylation sites is 1. The third kappa shape index (κ3) is 6.01. The van der Waals surface area contributed by atoms with Gasteiger partial charge in [0.2, 0.25) is 0 Å². The molecule has 2 aromatic rings. The normalized spacial score (nSPS) is 12.5. The van der Waals surface area contributed by atoms with Crippen molar-refractivity contribution in [2.75, 3.05) is 13.7 Å². The van der Waals surface area contributed by atoms with Gasteiger partial charge in [-0.15, -0.1) is 0 Å². The van der Waals surface area contributed by atoms with Gasteiger partial charge in [-0.3, -0.25) is 0 Å². The number of alkyl carbamates (subject to hydrolysis) is 1. The van der Waals surface area contributed by atoms with Crippen molar-refractivity contribution in [3.63, 3.8) is 0 Å². The molecular formula is C22H27NO5. The first-order valence-electron chi connectivity index (χ1n) is 9.26. The molecule has 150 valence electrons. The number of amides is 1. The summed E-state index contributed by atoms with van der Waals surface area (Å²) in [4.78, 5) is 24.1. The Bertz CT molecular complexity index is 778. The number of rotatable bonds is 9. The smallest absolute Gasteiger partial charge is 0.407 e. The van der Waals surface area contributed by atoms with Crippen LogP contribution in [0.4, 0.5) is 4.79 Å². The zero-order valence-corrected chi connectivity index (χ0v) is 16.6. The highest BCUT2D eigenvalue weighted by Crippen LogP contribution is 2.24. The maximum Gasteiger partial charge on any atom is 0.407 e. The lowest BCUT2D eigenvalue weighted by Gasteiger charge is -2.28. The second-order valence-electron chi connectivity index (χ2n) is 6.55. The van der Waals surface area contributed by atoms with E-state index in [2.05, 4.69) is 10.1 Å². The van der Waals surface area contributed by atoms with Gasteiger partial charge < -0.3 is 19.5 Å². The van der Waals surface area contributed by atoms with Crippen LogP contribution in [0.25, 0.3) is 0 Å². The van der Waals surface area contributed by atoms with E-state index in [4.69, 9.17) is 9.47 Å². The van der Waals surface area contributed by atoms with E-state index in [1.807, 2.05) is 54.6 Å². The molecule has 2 aromatic carbocycles. The van der Waals surface area contributed by atoms with Crippen molar-refractivity contribution in [2.45, 2.75) is 38.8 Å². The molecule has 0 aromatic heterocycles. The Balaban J connectivity index is 2.10. The lowest BCUT2D eigenvalue weighted by atomic mass is 9.93. The molecule has 0 saturated carbocycles. The van der Waals surface area contributed by atoms with Crippen molar-refractivity contribution in [2.24, 2.45) is 0 Å². The quantitative estimate of drug-likeness (QED) is 0.663. The van der Waals surface area contributed by atoms with Crippen LogP contribution in [0.2, 0.25) is 0 Å². The number of methoxy groups -OCH3 is 1. The summed E-state index contributed by atoms with van der Waals surface area (Å²) in [6.45, 7) is 4.04. The topological polar surface area (TPSA) is 73.9 Å². The maximum absolute atomic E-state index is 12.4. The molecule has 0 fully saturated rings. The summed E-state index contributed by atoms with van der Waals surface area (Å²) in [7, 11) is 1.26. The van der Waals surface area contributed by atoms with Crippen molar-refractivity contribution < 1.29 is 23.8 Å². The number of carbonyl (C=O) groups is 2. The summed E-state index contributed by atoms with van der Waals surface area (Å²) in [5.41, 5.74) is 0.817. The van der Waals surface area contributed by atoms with Gasteiger partial charge in [0.25, 0.3) is 0 Å². The number of ether oxygens (including phenoxy) is 3. The first kappa shape index (κ1) is 21.3. The standard InChI is InChI=1S/C22H27NO5/c1-4-27-20(24)22(2,23-21(25)26-3)15-14-18-12-8-9-13-19(18)28-16-17-10-6-5-7-11-17/h5-13H,4,14-16H2,1-3H3,(H,23,25). The minimum Gasteiger partial charge on any atom is -0.489 e. The highest BCUT2D eigenvalue weighted by atomic mass is 16.5. The molecule has 1 N–H and O–H groups in total. The summed E-state index contributed by atoms with van der Waals surface area (Å²) in [6, 6.07) is 17.6. The molecule has 0 spiro atoms. The fourth-order valence-electron chi connectivity index (χ4n) is 2.75. The summed E-state index contributed by atoms with van der Waals surface area (Å²) < 4.78 is 15.8. The van der Waals surface area contributed by atoms with E-state index in [9.17, 15) is 9.59 Å². The van der Waals surface area contributed by atoms with Crippen molar-refractivity contribution in [1.82, 2.24) is 5.32 Å². The Morgan fingerprint density at radius 2 is 1.71 bits per heavy atom. The SMILES string of the molecule is CCOC(=O)C(C)(CCc1ccccc1OCc1ccccc1)NC(=O)OC. The molecule has 0 bridgehead atoms. The van der Waals surface area contributed by atoms with Gasteiger partial charge in [-0.1, -0.05) is 48.5 Å². The highest BCUT2D eigenvalue weighted by molar-refractivity contribution is 5.85. The molecule has 2 rings (SSSR count). The third-order valence-corrected chi connectivity index (χ3v) is 4.39. The number of nitrogens with one attached hydrogen (secondary N) is 1. The molecule has 1 atom stereocenters. The fourth-order valence-corrected chi connectivity index (χ4v) is 2.75. The molecule has 6 nitrogen and oxygen atoms in total. The van der Waals surface area contributed by atoms with Gasteiger partial charge in [0.05, 0.1) is 13.7 Å². The van der Waals surface area contributed by atoms with Crippen LogP contribution in [0, 0.1) is 0 Å². The first-order valence-corrected chi connectivity index (χ1v) is 9.26. The second-order valence-corrected chi connectivity index (χ2v) is 6.55. The van der Waals surface area contributed by atoms with Crippen LogP contribution in [-0.2, 0) is 27.3 Å². The van der Waals surface area contributed by atoms with Gasteiger partial charge >= 0.3 is 12.1 Å². The third-order valence-electron chi connectivity index (χ3n) is 4.39. The van der Waals surface area contributed by atoms with Crippen LogP contribution >= 0.6 is 0 Å². The van der Waals surface area contributed by atoms with Gasteiger partial charge in [-0.25, -0.2) is 9.59 Å². The average Bonchev–Trinajstić information content (AvgIpc) is 2.72. The van der Waals surface area contributed by atoms with E-state index in [1.165, 1.54) is 7.11 Å². The molecule has 0 aliphatic rings. The number of aryl methyl sites for hydroxylation is 1. The number of carbonyl (C=O) groups excluding carboxylic acids is 2. The highest BCUT2D eigenvalue weighted by Gasteiger charge is 2.36. The Morgan fingerprint density at radius 3 is 2.39 bits per heavy atom. The van der Waals surface area contributed by atoms with Gasteiger partial charge in [0, 0.05) is 0 Å². The van der Waals surface area contributed by atoms with Crippen molar-refractivity contribution in [3.8, 4) is 5.75 Å². The fraction of sp³-hybridized carbons (Fsp3) is 0.364. The van der Waals surface area contributed by atoms with Crippen LogP contribution < -0.4 is 10.1 Å². The Labute approximate surface area is 165 Å². The van der Waals surface area contributed by atoms with E-state index >= 15 is 0 Å². The molecule has 28 heavy (non-hydrogen) atoms. The zero-order chi connectivity index (χ0) is 20.4. The van der Waals surface area contributed by atoms with Crippen LogP contribution in [0.15, 0.2) is 54.6 Å². The van der Waals surface area contributed by atoms with E-state index < -0.39 is 17.6 Å². The average molecular weight is 385 g/mol. The molecule has 0 saturated heterocycles. The van der Waals surface area contributed by atoms with Crippen molar-refractivity contribution >= 4 is 12.1 Å². The predicted octanol–water partition coefficient (Wildman–Crippen LogP) is 3.88. The maximum atomic E-state index is 12.4. The summed E-state index contributed by atoms with van der Waals surface area (Å²) in [5.74, 6) is 0.249. The van der Waals surface area contributed by atoms with Gasteiger partial charge in [-0.2, -0.15) is 0 Å². The number of esters is 1. The Morgan fingerprint density at radius 1 is 1.04 bits per heavy atom. The molecule has 0 heterocycles. The van der Waals surface area contributed by atoms with Crippen LogP contribution in [-0.4, -0.2) is 31.3 Å². The molecule has 6 heteroatoms. The second kappa shape index (κ2) is 10.3. The lowest BCUT2D eigenvalue weighted by molar-refractivity contribution is -0.150. The van der Waals surface area contributed by atoms with E-state index in [-0.39, 0.29) is 6.61 Å². The van der Waals surface area contributed by atoms with Gasteiger partial charge in [0.15, 0.2) is 0 Å². The summed E-state index contributed by atoms with van der Waals surface area (Å²) >= 11 is 0. The van der Waals surface area contributed by atoms with Crippen LogP contribution in [0.3, 0.4) is 0 Å². The van der Waals surface area contributed by atoms with Gasteiger partial charge in [0.1, 0.15) is 17.9 Å². The minimum absolute atomic E-state index is 0.230. The molecule has 0 aliphatic carbocycles. The minimum atomic E-state index is -1.20. The summed E-state index contributed by atoms with van der Waals surface area (Å²) in [6.07, 6.45) is 0.181. The number of hydrogen-bond acceptors (Lipinski definition) is 5. The van der Waals surface area contributed by atoms with Crippen molar-refractivity contribution in [1.29, 1.82) is 0 Å². The van der Waals surface area contributed by atoms with E-state index in [0.717, 1.165) is 16.9 Å². The zero-order valence-electron chi connectivity index (χ0n) is 16.6. The molecule has 1 unspecified atom stereocenters. The van der Waals surface area contributed by atoms with Crippen LogP contribution in [0.5, 0.6) is 5.75 Å².